The minimum Gasteiger partial charge on any atom is -0.368 e. The van der Waals surface area contributed by atoms with E-state index in [1.54, 1.807) is 19.0 Å². The van der Waals surface area contributed by atoms with Crippen LogP contribution >= 0.6 is 23.2 Å². The number of carbonyl (C=O) groups excluding carboxylic acids is 1. The number of piperazine rings is 1. The smallest absolute Gasteiger partial charge is 0.317 e. The second kappa shape index (κ2) is 9.86. The number of amides is 2. The molecular weight excluding hydrogens is 395 g/mol. The quantitative estimate of drug-likeness (QED) is 0.717. The fourth-order valence-corrected chi connectivity index (χ4v) is 4.22. The third kappa shape index (κ3) is 5.56. The van der Waals surface area contributed by atoms with Crippen molar-refractivity contribution in [2.75, 3.05) is 51.7 Å². The van der Waals surface area contributed by atoms with Crippen molar-refractivity contribution in [1.29, 1.82) is 0 Å². The Morgan fingerprint density at radius 2 is 1.96 bits per heavy atom. The van der Waals surface area contributed by atoms with Crippen LogP contribution in [0.3, 0.4) is 0 Å². The number of hydrogen-bond acceptors (Lipinski definition) is 3. The molecule has 1 atom stereocenters. The van der Waals surface area contributed by atoms with Gasteiger partial charge in [0.15, 0.2) is 0 Å². The van der Waals surface area contributed by atoms with Crippen LogP contribution < -0.4 is 10.2 Å². The first kappa shape index (κ1) is 21.3. The molecule has 1 aliphatic heterocycles. The Morgan fingerprint density at radius 3 is 2.61 bits per heavy atom. The molecule has 0 bridgehead atoms. The van der Waals surface area contributed by atoms with Crippen LogP contribution in [0.1, 0.15) is 25.7 Å². The molecule has 1 aliphatic carbocycles. The first-order valence-electron chi connectivity index (χ1n) is 10.0. The van der Waals surface area contributed by atoms with Gasteiger partial charge in [0.25, 0.3) is 0 Å². The maximum Gasteiger partial charge on any atom is 0.317 e. The fourth-order valence-electron chi connectivity index (χ4n) is 3.80. The number of urea groups is 1. The summed E-state index contributed by atoms with van der Waals surface area (Å²) in [5.74, 6) is 0. The Morgan fingerprint density at radius 1 is 1.21 bits per heavy atom. The lowest BCUT2D eigenvalue weighted by Crippen LogP contribution is -2.46. The van der Waals surface area contributed by atoms with Crippen molar-refractivity contribution in [3.05, 3.63) is 39.9 Å². The molecule has 154 valence electrons. The van der Waals surface area contributed by atoms with Crippen LogP contribution in [0.5, 0.6) is 0 Å². The SMILES string of the molecule is CN(C)C(=O)N[C@H]1CC=C(CCN2CCN(c3cccc(Cl)c3Cl)CC2)CC1. The van der Waals surface area contributed by atoms with Gasteiger partial charge in [-0.25, -0.2) is 4.79 Å². The van der Waals surface area contributed by atoms with E-state index in [1.165, 1.54) is 5.57 Å². The topological polar surface area (TPSA) is 38.8 Å². The minimum atomic E-state index is -0.000437. The summed E-state index contributed by atoms with van der Waals surface area (Å²) in [6.07, 6.45) is 6.50. The van der Waals surface area contributed by atoms with Gasteiger partial charge < -0.3 is 15.1 Å². The number of benzene rings is 1. The van der Waals surface area contributed by atoms with Crippen molar-refractivity contribution >= 4 is 34.9 Å². The van der Waals surface area contributed by atoms with Gasteiger partial charge in [0.2, 0.25) is 0 Å². The summed E-state index contributed by atoms with van der Waals surface area (Å²) in [6, 6.07) is 6.10. The van der Waals surface area contributed by atoms with E-state index in [9.17, 15) is 4.79 Å². The lowest BCUT2D eigenvalue weighted by atomic mass is 9.93. The Labute approximate surface area is 178 Å². The zero-order valence-corrected chi connectivity index (χ0v) is 18.3. The highest BCUT2D eigenvalue weighted by Crippen LogP contribution is 2.33. The van der Waals surface area contributed by atoms with Crippen molar-refractivity contribution in [2.24, 2.45) is 0 Å². The fraction of sp³-hybridized carbons (Fsp3) is 0.571. The van der Waals surface area contributed by atoms with Crippen molar-refractivity contribution in [2.45, 2.75) is 31.7 Å². The molecule has 28 heavy (non-hydrogen) atoms. The van der Waals surface area contributed by atoms with Gasteiger partial charge in [0.1, 0.15) is 0 Å². The highest BCUT2D eigenvalue weighted by molar-refractivity contribution is 6.43. The van der Waals surface area contributed by atoms with Crippen molar-refractivity contribution < 1.29 is 4.79 Å². The van der Waals surface area contributed by atoms with Gasteiger partial charge in [-0.05, 0) is 37.8 Å². The van der Waals surface area contributed by atoms with Crippen molar-refractivity contribution in [3.8, 4) is 0 Å². The summed E-state index contributed by atoms with van der Waals surface area (Å²) in [5.41, 5.74) is 2.56. The van der Waals surface area contributed by atoms with Crippen LogP contribution in [0.25, 0.3) is 0 Å². The number of anilines is 1. The molecule has 0 aromatic heterocycles. The molecule has 0 spiro atoms. The predicted molar refractivity (Wildman–Crippen MR) is 118 cm³/mol. The zero-order chi connectivity index (χ0) is 20.1. The summed E-state index contributed by atoms with van der Waals surface area (Å²) in [6.45, 7) is 5.11. The molecule has 1 N–H and O–H groups in total. The van der Waals surface area contributed by atoms with E-state index in [1.807, 2.05) is 18.2 Å². The van der Waals surface area contributed by atoms with Crippen LogP contribution in [0.15, 0.2) is 29.8 Å². The average Bonchev–Trinajstić information content (AvgIpc) is 2.70. The molecule has 3 rings (SSSR count). The molecule has 1 aromatic carbocycles. The van der Waals surface area contributed by atoms with E-state index in [4.69, 9.17) is 23.2 Å². The van der Waals surface area contributed by atoms with Crippen LogP contribution in [0.2, 0.25) is 10.0 Å². The molecule has 1 saturated heterocycles. The number of rotatable bonds is 5. The zero-order valence-electron chi connectivity index (χ0n) is 16.8. The third-order valence-electron chi connectivity index (χ3n) is 5.63. The maximum atomic E-state index is 11.8. The molecule has 7 heteroatoms. The van der Waals surface area contributed by atoms with Gasteiger partial charge in [0.05, 0.1) is 15.7 Å². The van der Waals surface area contributed by atoms with Gasteiger partial charge in [-0.3, -0.25) is 4.90 Å². The van der Waals surface area contributed by atoms with Crippen LogP contribution in [-0.2, 0) is 0 Å². The summed E-state index contributed by atoms with van der Waals surface area (Å²) >= 11 is 12.5. The lowest BCUT2D eigenvalue weighted by Gasteiger charge is -2.37. The van der Waals surface area contributed by atoms with E-state index in [0.29, 0.717) is 10.0 Å². The number of halogens is 2. The molecule has 0 saturated carbocycles. The van der Waals surface area contributed by atoms with E-state index >= 15 is 0 Å². The van der Waals surface area contributed by atoms with Gasteiger partial charge >= 0.3 is 6.03 Å². The monoisotopic (exact) mass is 424 g/mol. The number of hydrogen-bond donors (Lipinski definition) is 1. The summed E-state index contributed by atoms with van der Waals surface area (Å²) in [5, 5.41) is 4.35. The number of nitrogens with one attached hydrogen (secondary N) is 1. The summed E-state index contributed by atoms with van der Waals surface area (Å²) < 4.78 is 0. The van der Waals surface area contributed by atoms with Crippen LogP contribution in [-0.4, -0.2) is 68.7 Å². The van der Waals surface area contributed by atoms with E-state index in [0.717, 1.165) is 64.1 Å². The lowest BCUT2D eigenvalue weighted by molar-refractivity contribution is 0.212. The van der Waals surface area contributed by atoms with Crippen molar-refractivity contribution in [3.63, 3.8) is 0 Å². The van der Waals surface area contributed by atoms with Crippen molar-refractivity contribution in [1.82, 2.24) is 15.1 Å². The summed E-state index contributed by atoms with van der Waals surface area (Å²) in [4.78, 5) is 18.2. The molecule has 1 heterocycles. The summed E-state index contributed by atoms with van der Waals surface area (Å²) in [7, 11) is 3.55. The molecular formula is C21H30Cl2N4O. The largest absolute Gasteiger partial charge is 0.368 e. The Hall–Kier alpha value is -1.43. The highest BCUT2D eigenvalue weighted by Gasteiger charge is 2.21. The molecule has 1 aromatic rings. The molecule has 2 amide bonds. The highest BCUT2D eigenvalue weighted by atomic mass is 35.5. The Balaban J connectivity index is 1.41. The van der Waals surface area contributed by atoms with Gasteiger partial charge in [-0.1, -0.05) is 40.9 Å². The number of carbonyl (C=O) groups is 1. The van der Waals surface area contributed by atoms with E-state index < -0.39 is 0 Å². The predicted octanol–water partition coefficient (Wildman–Crippen LogP) is 4.26. The second-order valence-electron chi connectivity index (χ2n) is 7.83. The maximum absolute atomic E-state index is 11.8. The number of nitrogens with zero attached hydrogens (tertiary/aromatic N) is 3. The molecule has 2 aliphatic rings. The van der Waals surface area contributed by atoms with Crippen LogP contribution in [0.4, 0.5) is 10.5 Å². The Bertz CT molecular complexity index is 714. The first-order valence-corrected chi connectivity index (χ1v) is 10.8. The van der Waals surface area contributed by atoms with E-state index in [2.05, 4.69) is 21.2 Å². The van der Waals surface area contributed by atoms with Crippen LogP contribution in [0, 0.1) is 0 Å². The van der Waals surface area contributed by atoms with E-state index in [-0.39, 0.29) is 12.1 Å². The first-order chi connectivity index (χ1) is 13.4. The standard InChI is InChI=1S/C21H30Cl2N4O/c1-25(2)21(28)24-17-8-6-16(7-9-17)10-11-26-12-14-27(15-13-26)19-5-3-4-18(22)20(19)23/h3-6,17H,7-15H2,1-2H3,(H,24,28)/t17-/m0/s1. The molecule has 0 radical (unpaired) electrons. The minimum absolute atomic E-state index is 0.000437. The molecule has 5 nitrogen and oxygen atoms in total. The van der Waals surface area contributed by atoms with Gasteiger partial charge in [-0.2, -0.15) is 0 Å². The molecule has 0 unspecified atom stereocenters. The normalized spacial score (nSPS) is 20.6. The molecule has 1 fully saturated rings. The average molecular weight is 425 g/mol. The Kier molecular flexibility index (Phi) is 7.49. The second-order valence-corrected chi connectivity index (χ2v) is 8.61. The van der Waals surface area contributed by atoms with Gasteiger partial charge in [-0.15, -0.1) is 0 Å². The third-order valence-corrected chi connectivity index (χ3v) is 6.44. The van der Waals surface area contributed by atoms with Gasteiger partial charge in [0, 0.05) is 52.9 Å².